The fourth-order valence-electron chi connectivity index (χ4n) is 1.29. The van der Waals surface area contributed by atoms with Crippen LogP contribution in [0.2, 0.25) is 0 Å². The van der Waals surface area contributed by atoms with Crippen LogP contribution in [0.25, 0.3) is 5.69 Å². The minimum atomic E-state index is -0.484. The number of aromatic nitrogens is 3. The SMILES string of the molecule is CC(=O)Oc1c[n+](=O)n(-c2ccccc2)[nH]1. The summed E-state index contributed by atoms with van der Waals surface area (Å²) in [5.74, 6) is -0.381. The molecule has 0 fully saturated rings. The van der Waals surface area contributed by atoms with Crippen LogP contribution < -0.4 is 9.28 Å². The van der Waals surface area contributed by atoms with Crippen molar-refractivity contribution in [1.29, 1.82) is 0 Å². The van der Waals surface area contributed by atoms with Gasteiger partial charge in [-0.3, -0.25) is 4.79 Å². The van der Waals surface area contributed by atoms with Gasteiger partial charge in [-0.2, -0.15) is 0 Å². The first kappa shape index (κ1) is 10.2. The number of carbonyl (C=O) groups is 1. The summed E-state index contributed by atoms with van der Waals surface area (Å²) in [5.41, 5.74) is 0.649. The van der Waals surface area contributed by atoms with E-state index in [-0.39, 0.29) is 5.88 Å². The van der Waals surface area contributed by atoms with E-state index in [1.54, 1.807) is 24.3 Å². The molecule has 0 aliphatic rings. The molecule has 0 amide bonds. The predicted molar refractivity (Wildman–Crippen MR) is 54.8 cm³/mol. The highest BCUT2D eigenvalue weighted by molar-refractivity contribution is 5.68. The van der Waals surface area contributed by atoms with E-state index in [4.69, 9.17) is 4.74 Å². The van der Waals surface area contributed by atoms with Gasteiger partial charge < -0.3 is 4.74 Å². The zero-order valence-electron chi connectivity index (χ0n) is 8.58. The van der Waals surface area contributed by atoms with Crippen LogP contribution in [-0.4, -0.2) is 15.9 Å². The number of hydrogen-bond acceptors (Lipinski definition) is 3. The summed E-state index contributed by atoms with van der Waals surface area (Å²) in [6.45, 7) is 1.27. The van der Waals surface area contributed by atoms with Crippen LogP contribution in [0.5, 0.6) is 5.88 Å². The number of H-pyrrole nitrogens is 1. The third kappa shape index (κ3) is 2.00. The number of esters is 1. The van der Waals surface area contributed by atoms with Crippen LogP contribution in [0.3, 0.4) is 0 Å². The first-order chi connectivity index (χ1) is 7.66. The molecule has 2 rings (SSSR count). The minimum Gasteiger partial charge on any atom is -0.386 e. The van der Waals surface area contributed by atoms with Gasteiger partial charge in [0.05, 0.1) is 4.54 Å². The van der Waals surface area contributed by atoms with Crippen molar-refractivity contribution in [2.45, 2.75) is 6.92 Å². The summed E-state index contributed by atoms with van der Waals surface area (Å²) >= 11 is 0. The van der Waals surface area contributed by atoms with Gasteiger partial charge in [0.1, 0.15) is 5.69 Å². The molecule has 2 aromatic rings. The van der Waals surface area contributed by atoms with Gasteiger partial charge in [-0.25, -0.2) is 0 Å². The molecule has 16 heavy (non-hydrogen) atoms. The molecule has 1 aromatic heterocycles. The van der Waals surface area contributed by atoms with Gasteiger partial charge >= 0.3 is 11.8 Å². The number of rotatable bonds is 2. The molecule has 0 bridgehead atoms. The van der Waals surface area contributed by atoms with E-state index in [9.17, 15) is 9.70 Å². The second-order valence-corrected chi connectivity index (χ2v) is 3.15. The maximum atomic E-state index is 11.5. The van der Waals surface area contributed by atoms with E-state index in [1.807, 2.05) is 6.07 Å². The molecule has 1 heterocycles. The van der Waals surface area contributed by atoms with Crippen molar-refractivity contribution >= 4 is 5.97 Å². The van der Waals surface area contributed by atoms with E-state index in [0.29, 0.717) is 10.2 Å². The second-order valence-electron chi connectivity index (χ2n) is 3.15. The number of aromatic amines is 1. The zero-order chi connectivity index (χ0) is 11.5. The first-order valence-corrected chi connectivity index (χ1v) is 4.65. The molecule has 6 heteroatoms. The Morgan fingerprint density at radius 2 is 2.06 bits per heavy atom. The minimum absolute atomic E-state index is 0.103. The number of ether oxygens (including phenoxy) is 1. The highest BCUT2D eigenvalue weighted by atomic mass is 16.5. The van der Waals surface area contributed by atoms with Crippen LogP contribution in [0.4, 0.5) is 0 Å². The van der Waals surface area contributed by atoms with Crippen molar-refractivity contribution < 1.29 is 14.1 Å². The summed E-state index contributed by atoms with van der Waals surface area (Å²) < 4.78 is 5.31. The topological polar surface area (TPSA) is 70.0 Å². The van der Waals surface area contributed by atoms with Crippen molar-refractivity contribution in [3.63, 3.8) is 0 Å². The number of para-hydroxylation sites is 1. The fourth-order valence-corrected chi connectivity index (χ4v) is 1.29. The fraction of sp³-hybridized carbons (Fsp3) is 0.100. The van der Waals surface area contributed by atoms with Gasteiger partial charge in [0.15, 0.2) is 0 Å². The van der Waals surface area contributed by atoms with Gasteiger partial charge in [0, 0.05) is 6.92 Å². The lowest BCUT2D eigenvalue weighted by molar-refractivity contribution is -0.586. The Morgan fingerprint density at radius 3 is 2.69 bits per heavy atom. The highest BCUT2D eigenvalue weighted by Crippen LogP contribution is 2.06. The third-order valence-corrected chi connectivity index (χ3v) is 1.90. The molecule has 0 saturated carbocycles. The monoisotopic (exact) mass is 220 g/mol. The van der Waals surface area contributed by atoms with Crippen molar-refractivity contribution in [3.8, 4) is 11.6 Å². The summed E-state index contributed by atoms with van der Waals surface area (Å²) in [6.07, 6.45) is 1.15. The normalized spacial score (nSPS) is 10.1. The van der Waals surface area contributed by atoms with E-state index in [0.717, 1.165) is 6.20 Å². The Morgan fingerprint density at radius 1 is 1.38 bits per heavy atom. The Balaban J connectivity index is 2.40. The molecule has 1 N–H and O–H groups in total. The molecular weight excluding hydrogens is 210 g/mol. The third-order valence-electron chi connectivity index (χ3n) is 1.90. The van der Waals surface area contributed by atoms with Gasteiger partial charge in [0.25, 0.3) is 6.20 Å². The quantitative estimate of drug-likeness (QED) is 0.596. The Hall–Kier alpha value is -2.37. The van der Waals surface area contributed by atoms with Crippen molar-refractivity contribution in [1.82, 2.24) is 9.90 Å². The molecule has 0 aliphatic carbocycles. The van der Waals surface area contributed by atoms with Crippen LogP contribution in [0.1, 0.15) is 6.92 Å². The summed E-state index contributed by atoms with van der Waals surface area (Å²) in [7, 11) is 0. The number of benzene rings is 1. The van der Waals surface area contributed by atoms with E-state index >= 15 is 0 Å². The molecule has 0 atom stereocenters. The molecule has 0 radical (unpaired) electrons. The van der Waals surface area contributed by atoms with E-state index in [1.165, 1.54) is 11.7 Å². The van der Waals surface area contributed by atoms with Crippen LogP contribution in [0, 0.1) is 4.91 Å². The number of nitrogens with one attached hydrogen (secondary N) is 1. The van der Waals surface area contributed by atoms with Crippen LogP contribution >= 0.6 is 0 Å². The molecule has 6 nitrogen and oxygen atoms in total. The number of nitrogens with zero attached hydrogens (tertiary/aromatic N) is 2. The van der Waals surface area contributed by atoms with Gasteiger partial charge in [-0.15, -0.1) is 5.10 Å². The first-order valence-electron chi connectivity index (χ1n) is 4.65. The van der Waals surface area contributed by atoms with Crippen LogP contribution in [-0.2, 0) is 4.79 Å². The lowest BCUT2D eigenvalue weighted by Gasteiger charge is -1.92. The van der Waals surface area contributed by atoms with Crippen molar-refractivity contribution in [2.24, 2.45) is 0 Å². The highest BCUT2D eigenvalue weighted by Gasteiger charge is 2.14. The van der Waals surface area contributed by atoms with E-state index in [2.05, 4.69) is 5.10 Å². The Kier molecular flexibility index (Phi) is 2.55. The Bertz CT molecular complexity index is 556. The molecular formula is C10H10N3O3+. The second kappa shape index (κ2) is 4.01. The Labute approximate surface area is 90.6 Å². The summed E-state index contributed by atoms with van der Waals surface area (Å²) in [5, 5.41) is 2.65. The van der Waals surface area contributed by atoms with Crippen molar-refractivity contribution in [2.75, 3.05) is 0 Å². The molecule has 0 unspecified atom stereocenters. The maximum Gasteiger partial charge on any atom is 0.356 e. The van der Waals surface area contributed by atoms with Gasteiger partial charge in [0.2, 0.25) is 0 Å². The lowest BCUT2D eigenvalue weighted by atomic mass is 10.3. The average Bonchev–Trinajstić information content (AvgIpc) is 2.60. The molecule has 82 valence electrons. The summed E-state index contributed by atoms with van der Waals surface area (Å²) in [6, 6.07) is 8.95. The summed E-state index contributed by atoms with van der Waals surface area (Å²) in [4.78, 5) is 23.4. The predicted octanol–water partition coefficient (Wildman–Crippen LogP) is 0.645. The standard InChI is InChI=1S/C10H10N3O3/c1-8(14)16-10-7-12(15)13(11-10)9-5-3-2-4-6-9/h2-7,11H,1H3/q+1. The van der Waals surface area contributed by atoms with Gasteiger partial charge in [-0.1, -0.05) is 18.2 Å². The molecule has 0 saturated heterocycles. The maximum absolute atomic E-state index is 11.5. The smallest absolute Gasteiger partial charge is 0.356 e. The molecule has 0 spiro atoms. The molecule has 1 aromatic carbocycles. The van der Waals surface area contributed by atoms with Gasteiger partial charge in [-0.05, 0) is 21.8 Å². The average molecular weight is 220 g/mol. The lowest BCUT2D eigenvalue weighted by Crippen LogP contribution is -2.25. The number of hydrogen-bond donors (Lipinski definition) is 1. The van der Waals surface area contributed by atoms with Crippen molar-refractivity contribution in [3.05, 3.63) is 41.4 Å². The van der Waals surface area contributed by atoms with Crippen LogP contribution in [0.15, 0.2) is 36.5 Å². The number of carbonyl (C=O) groups excluding carboxylic acids is 1. The molecule has 0 aliphatic heterocycles. The van der Waals surface area contributed by atoms with E-state index < -0.39 is 5.97 Å². The largest absolute Gasteiger partial charge is 0.386 e. The zero-order valence-corrected chi connectivity index (χ0v) is 8.58.